The Morgan fingerprint density at radius 2 is 1.34 bits per heavy atom. The number of nitriles is 2. The fraction of sp³-hybridized carbons (Fsp3) is 0.314. The van der Waals surface area contributed by atoms with Gasteiger partial charge in [0.15, 0.2) is 5.76 Å². The molecule has 4 aromatic rings. The largest absolute Gasteiger partial charge is 0.451 e. The zero-order chi connectivity index (χ0) is 30.5. The van der Waals surface area contributed by atoms with E-state index in [0.29, 0.717) is 22.3 Å². The predicted molar refractivity (Wildman–Crippen MR) is 167 cm³/mol. The molecule has 2 saturated heterocycles. The van der Waals surface area contributed by atoms with Gasteiger partial charge in [-0.3, -0.25) is 14.5 Å². The van der Waals surface area contributed by atoms with Gasteiger partial charge in [-0.15, -0.1) is 0 Å². The molecule has 1 aromatic heterocycles. The molecule has 0 aliphatic carbocycles. The molecule has 2 aliphatic rings. The van der Waals surface area contributed by atoms with E-state index in [0.717, 1.165) is 69.5 Å². The molecule has 9 nitrogen and oxygen atoms in total. The van der Waals surface area contributed by atoms with Crippen LogP contribution in [0.5, 0.6) is 0 Å². The summed E-state index contributed by atoms with van der Waals surface area (Å²) in [5.74, 6) is -0.136. The number of furan rings is 1. The molecular formula is C35H34N6O3. The Bertz CT molecular complexity index is 1720. The lowest BCUT2D eigenvalue weighted by molar-refractivity contribution is 0.0882. The normalized spacial score (nSPS) is 16.3. The number of amides is 2. The van der Waals surface area contributed by atoms with Gasteiger partial charge < -0.3 is 20.0 Å². The second-order valence-electron chi connectivity index (χ2n) is 11.6. The molecular weight excluding hydrogens is 552 g/mol. The van der Waals surface area contributed by atoms with Crippen molar-refractivity contribution in [2.75, 3.05) is 31.1 Å². The van der Waals surface area contributed by atoms with Gasteiger partial charge in [0, 0.05) is 61.4 Å². The van der Waals surface area contributed by atoms with Crippen LogP contribution in [0.25, 0.3) is 11.0 Å². The van der Waals surface area contributed by atoms with Gasteiger partial charge in [0.25, 0.3) is 11.8 Å². The Morgan fingerprint density at radius 3 is 1.98 bits per heavy atom. The van der Waals surface area contributed by atoms with Gasteiger partial charge in [0.1, 0.15) is 5.58 Å². The molecule has 2 fully saturated rings. The molecule has 2 N–H and O–H groups in total. The fourth-order valence-electron chi connectivity index (χ4n) is 6.03. The number of carbonyl (C=O) groups excluding carboxylic acids is 2. The van der Waals surface area contributed by atoms with Crippen molar-refractivity contribution in [3.8, 4) is 12.1 Å². The summed E-state index contributed by atoms with van der Waals surface area (Å²) in [6, 6.07) is 26.7. The molecule has 0 atom stereocenters. The minimum atomic E-state index is -0.244. The number of fused-ring (bicyclic) bond motifs is 1. The summed E-state index contributed by atoms with van der Waals surface area (Å²) < 4.78 is 5.84. The zero-order valence-electron chi connectivity index (χ0n) is 24.5. The van der Waals surface area contributed by atoms with Crippen LogP contribution in [0.3, 0.4) is 0 Å². The summed E-state index contributed by atoms with van der Waals surface area (Å²) in [6.45, 7) is 4.22. The van der Waals surface area contributed by atoms with Crippen LogP contribution in [0.1, 0.15) is 63.3 Å². The highest BCUT2D eigenvalue weighted by atomic mass is 16.3. The Hall–Kier alpha value is -5.12. The van der Waals surface area contributed by atoms with E-state index in [-0.39, 0.29) is 29.7 Å². The first-order chi connectivity index (χ1) is 21.5. The molecule has 0 bridgehead atoms. The number of hydrogen-bond donors (Lipinski definition) is 2. The minimum absolute atomic E-state index is 0.0672. The molecule has 0 saturated carbocycles. The Kier molecular flexibility index (Phi) is 8.58. The monoisotopic (exact) mass is 586 g/mol. The van der Waals surface area contributed by atoms with Gasteiger partial charge in [-0.2, -0.15) is 10.5 Å². The number of hydrogen-bond acceptors (Lipinski definition) is 7. The molecule has 0 radical (unpaired) electrons. The van der Waals surface area contributed by atoms with Gasteiger partial charge in [0.2, 0.25) is 0 Å². The van der Waals surface area contributed by atoms with Crippen LogP contribution in [0.15, 0.2) is 77.2 Å². The van der Waals surface area contributed by atoms with Crippen molar-refractivity contribution in [3.63, 3.8) is 0 Å². The number of nitrogens with zero attached hydrogens (tertiary/aromatic N) is 4. The molecule has 222 valence electrons. The van der Waals surface area contributed by atoms with Crippen LogP contribution in [-0.4, -0.2) is 55.0 Å². The Morgan fingerprint density at radius 1 is 0.750 bits per heavy atom. The van der Waals surface area contributed by atoms with Crippen LogP contribution in [0.2, 0.25) is 0 Å². The number of likely N-dealkylation sites (tertiary alicyclic amines) is 1. The summed E-state index contributed by atoms with van der Waals surface area (Å²) in [7, 11) is 0. The van der Waals surface area contributed by atoms with E-state index in [1.165, 1.54) is 5.56 Å². The maximum absolute atomic E-state index is 13.1. The molecule has 3 heterocycles. The predicted octanol–water partition coefficient (Wildman–Crippen LogP) is 4.97. The number of nitrogens with one attached hydrogen (secondary N) is 2. The van der Waals surface area contributed by atoms with Gasteiger partial charge in [-0.1, -0.05) is 12.1 Å². The number of anilines is 1. The summed E-state index contributed by atoms with van der Waals surface area (Å²) in [5.41, 5.74) is 4.67. The summed E-state index contributed by atoms with van der Waals surface area (Å²) in [6.07, 6.45) is 3.36. The van der Waals surface area contributed by atoms with Crippen molar-refractivity contribution in [1.29, 1.82) is 10.5 Å². The van der Waals surface area contributed by atoms with E-state index in [9.17, 15) is 9.59 Å². The minimum Gasteiger partial charge on any atom is -0.451 e. The summed E-state index contributed by atoms with van der Waals surface area (Å²) >= 11 is 0. The highest BCUT2D eigenvalue weighted by Crippen LogP contribution is 2.24. The number of rotatable bonds is 7. The third-order valence-corrected chi connectivity index (χ3v) is 8.61. The topological polar surface area (TPSA) is 125 Å². The first kappa shape index (κ1) is 29.0. The van der Waals surface area contributed by atoms with Crippen LogP contribution >= 0.6 is 0 Å². The molecule has 2 aliphatic heterocycles. The smallest absolute Gasteiger partial charge is 0.287 e. The van der Waals surface area contributed by atoms with Gasteiger partial charge >= 0.3 is 0 Å². The first-order valence-electron chi connectivity index (χ1n) is 15.1. The van der Waals surface area contributed by atoms with Crippen molar-refractivity contribution >= 4 is 28.5 Å². The van der Waals surface area contributed by atoms with E-state index >= 15 is 0 Å². The molecule has 9 heteroatoms. The fourth-order valence-corrected chi connectivity index (χ4v) is 6.03. The Labute approximate surface area is 256 Å². The van der Waals surface area contributed by atoms with E-state index in [1.54, 1.807) is 24.3 Å². The molecule has 3 aromatic carbocycles. The van der Waals surface area contributed by atoms with Crippen LogP contribution in [0.4, 0.5) is 5.69 Å². The van der Waals surface area contributed by atoms with E-state index in [2.05, 4.69) is 32.6 Å². The number of piperidine rings is 2. The summed E-state index contributed by atoms with van der Waals surface area (Å²) in [4.78, 5) is 30.7. The van der Waals surface area contributed by atoms with Crippen molar-refractivity contribution in [3.05, 3.63) is 101 Å². The van der Waals surface area contributed by atoms with Crippen molar-refractivity contribution < 1.29 is 14.0 Å². The van der Waals surface area contributed by atoms with Crippen molar-refractivity contribution in [2.45, 2.75) is 44.3 Å². The van der Waals surface area contributed by atoms with Gasteiger partial charge in [-0.05, 0) is 91.9 Å². The lowest BCUT2D eigenvalue weighted by Crippen LogP contribution is -2.44. The van der Waals surface area contributed by atoms with E-state index < -0.39 is 0 Å². The third kappa shape index (κ3) is 6.75. The van der Waals surface area contributed by atoms with Gasteiger partial charge in [-0.25, -0.2) is 0 Å². The lowest BCUT2D eigenvalue weighted by Gasteiger charge is -2.34. The molecule has 6 rings (SSSR count). The number of benzene rings is 3. The molecule has 0 unspecified atom stereocenters. The average molecular weight is 587 g/mol. The van der Waals surface area contributed by atoms with Crippen LogP contribution in [-0.2, 0) is 6.54 Å². The van der Waals surface area contributed by atoms with Crippen LogP contribution < -0.4 is 15.5 Å². The Balaban J connectivity index is 0.984. The van der Waals surface area contributed by atoms with E-state index in [4.69, 9.17) is 14.9 Å². The average Bonchev–Trinajstić information content (AvgIpc) is 3.50. The second kappa shape index (κ2) is 13.0. The standard InChI is InChI=1S/C35H34N6O3/c36-21-24-1-3-26(4-2-24)23-40-15-11-29(12-16-40)39-35(43)33-20-28-19-27(7-10-32(28)44-33)34(42)38-30-13-17-41(18-14-30)31-8-5-25(22-37)6-9-31/h1-10,19-20,29-30H,11-18,23H2,(H,38,42)(H,39,43). The lowest BCUT2D eigenvalue weighted by atomic mass is 10.0. The maximum Gasteiger partial charge on any atom is 0.287 e. The third-order valence-electron chi connectivity index (χ3n) is 8.61. The van der Waals surface area contributed by atoms with E-state index in [1.807, 2.05) is 48.5 Å². The van der Waals surface area contributed by atoms with Gasteiger partial charge in [0.05, 0.1) is 23.3 Å². The quantitative estimate of drug-likeness (QED) is 0.313. The summed E-state index contributed by atoms with van der Waals surface area (Å²) in [5, 5.41) is 25.0. The SMILES string of the molecule is N#Cc1ccc(CN2CCC(NC(=O)c3cc4cc(C(=O)NC5CCN(c6ccc(C#N)cc6)CC5)ccc4o3)CC2)cc1. The van der Waals surface area contributed by atoms with Crippen molar-refractivity contribution in [2.24, 2.45) is 0 Å². The zero-order valence-corrected chi connectivity index (χ0v) is 24.5. The highest BCUT2D eigenvalue weighted by molar-refractivity contribution is 6.00. The first-order valence-corrected chi connectivity index (χ1v) is 15.1. The number of carbonyl (C=O) groups is 2. The molecule has 44 heavy (non-hydrogen) atoms. The highest BCUT2D eigenvalue weighted by Gasteiger charge is 2.24. The van der Waals surface area contributed by atoms with Crippen molar-refractivity contribution in [1.82, 2.24) is 15.5 Å². The maximum atomic E-state index is 13.1. The second-order valence-corrected chi connectivity index (χ2v) is 11.6. The molecule has 0 spiro atoms. The molecule has 2 amide bonds. The van der Waals surface area contributed by atoms with Crippen LogP contribution in [0, 0.1) is 22.7 Å².